The maximum atomic E-state index is 11.5. The fourth-order valence-electron chi connectivity index (χ4n) is 1.62. The second-order valence-corrected chi connectivity index (χ2v) is 3.59. The summed E-state index contributed by atoms with van der Waals surface area (Å²) in [7, 11) is 1.30. The Morgan fingerprint density at radius 1 is 1.44 bits per heavy atom. The monoisotopic (exact) mass is 251 g/mol. The van der Waals surface area contributed by atoms with Crippen molar-refractivity contribution in [3.8, 4) is 5.88 Å². The molecule has 2 aromatic heterocycles. The Balaban J connectivity index is 2.54. The van der Waals surface area contributed by atoms with Gasteiger partial charge < -0.3 is 14.6 Å². The Morgan fingerprint density at radius 2 is 2.22 bits per heavy atom. The molecule has 0 unspecified atom stereocenters. The number of carbonyl (C=O) groups excluding carboxylic acids is 1. The molecule has 0 radical (unpaired) electrons. The van der Waals surface area contributed by atoms with E-state index in [2.05, 4.69) is 14.9 Å². The van der Waals surface area contributed by atoms with Gasteiger partial charge in [-0.3, -0.25) is 0 Å². The zero-order valence-corrected chi connectivity index (χ0v) is 10.1. The number of carbonyl (C=O) groups is 1. The van der Waals surface area contributed by atoms with Gasteiger partial charge in [-0.1, -0.05) is 0 Å². The van der Waals surface area contributed by atoms with E-state index in [1.807, 2.05) is 0 Å². The number of rotatable bonds is 4. The fourth-order valence-corrected chi connectivity index (χ4v) is 1.62. The lowest BCUT2D eigenvalue weighted by atomic mass is 10.2. The van der Waals surface area contributed by atoms with Crippen molar-refractivity contribution in [1.29, 1.82) is 0 Å². The van der Waals surface area contributed by atoms with Crippen LogP contribution in [0.4, 0.5) is 0 Å². The number of hydrogen-bond donors (Lipinski definition) is 1. The van der Waals surface area contributed by atoms with Crippen LogP contribution in [0.1, 0.15) is 16.2 Å². The molecule has 2 heterocycles. The van der Waals surface area contributed by atoms with Crippen molar-refractivity contribution in [2.45, 2.75) is 6.92 Å². The number of ether oxygens (including phenoxy) is 2. The van der Waals surface area contributed by atoms with Gasteiger partial charge in [0.25, 0.3) is 0 Å². The van der Waals surface area contributed by atoms with Crippen molar-refractivity contribution >= 4 is 11.6 Å². The number of aryl methyl sites for hydroxylation is 1. The van der Waals surface area contributed by atoms with Gasteiger partial charge >= 0.3 is 5.97 Å². The van der Waals surface area contributed by atoms with Gasteiger partial charge in [0.15, 0.2) is 5.65 Å². The molecule has 96 valence electrons. The molecule has 0 fully saturated rings. The van der Waals surface area contributed by atoms with Gasteiger partial charge in [-0.15, -0.1) is 10.2 Å². The largest absolute Gasteiger partial charge is 0.476 e. The highest BCUT2D eigenvalue weighted by Gasteiger charge is 2.14. The molecule has 0 aliphatic rings. The summed E-state index contributed by atoms with van der Waals surface area (Å²) in [6.45, 7) is 1.77. The molecule has 0 spiro atoms. The standard InChI is InChI=1S/C11H13N3O4/c1-7-12-13-9-5-8(11(16)17-2)6-10(14(7)9)18-4-3-15/h5-6,15H,3-4H2,1-2H3. The van der Waals surface area contributed by atoms with Crippen molar-refractivity contribution in [1.82, 2.24) is 14.6 Å². The summed E-state index contributed by atoms with van der Waals surface area (Å²) in [6.07, 6.45) is 0. The second kappa shape index (κ2) is 5.01. The van der Waals surface area contributed by atoms with Gasteiger partial charge in [0.2, 0.25) is 5.88 Å². The molecule has 0 bridgehead atoms. The Morgan fingerprint density at radius 3 is 2.89 bits per heavy atom. The quantitative estimate of drug-likeness (QED) is 0.781. The van der Waals surface area contributed by atoms with Crippen molar-refractivity contribution in [3.63, 3.8) is 0 Å². The van der Waals surface area contributed by atoms with Crippen LogP contribution in [0.15, 0.2) is 12.1 Å². The van der Waals surface area contributed by atoms with Crippen LogP contribution in [-0.2, 0) is 4.74 Å². The summed E-state index contributed by atoms with van der Waals surface area (Å²) in [6, 6.07) is 3.10. The summed E-state index contributed by atoms with van der Waals surface area (Å²) in [4.78, 5) is 11.5. The van der Waals surface area contributed by atoms with E-state index in [4.69, 9.17) is 9.84 Å². The van der Waals surface area contributed by atoms with Gasteiger partial charge in [0, 0.05) is 6.07 Å². The number of aliphatic hydroxyl groups is 1. The van der Waals surface area contributed by atoms with E-state index in [1.54, 1.807) is 17.4 Å². The summed E-state index contributed by atoms with van der Waals surface area (Å²) < 4.78 is 11.7. The Hall–Kier alpha value is -2.15. The fraction of sp³-hybridized carbons (Fsp3) is 0.364. The van der Waals surface area contributed by atoms with Crippen LogP contribution < -0.4 is 4.74 Å². The zero-order chi connectivity index (χ0) is 13.1. The number of esters is 1. The number of aromatic nitrogens is 3. The van der Waals surface area contributed by atoms with Crippen LogP contribution in [-0.4, -0.2) is 46.0 Å². The van der Waals surface area contributed by atoms with E-state index >= 15 is 0 Å². The molecule has 0 atom stereocenters. The number of hydrogen-bond acceptors (Lipinski definition) is 6. The topological polar surface area (TPSA) is 86.0 Å². The number of pyridine rings is 1. The third kappa shape index (κ3) is 2.12. The van der Waals surface area contributed by atoms with Crippen molar-refractivity contribution in [3.05, 3.63) is 23.5 Å². The highest BCUT2D eigenvalue weighted by molar-refractivity contribution is 5.90. The maximum Gasteiger partial charge on any atom is 0.338 e. The smallest absolute Gasteiger partial charge is 0.338 e. The maximum absolute atomic E-state index is 11.5. The average molecular weight is 251 g/mol. The van der Waals surface area contributed by atoms with Crippen LogP contribution in [0.2, 0.25) is 0 Å². The van der Waals surface area contributed by atoms with E-state index < -0.39 is 5.97 Å². The summed E-state index contributed by atoms with van der Waals surface area (Å²) >= 11 is 0. The zero-order valence-electron chi connectivity index (χ0n) is 10.1. The minimum Gasteiger partial charge on any atom is -0.476 e. The van der Waals surface area contributed by atoms with E-state index in [9.17, 15) is 4.79 Å². The molecule has 0 saturated carbocycles. The lowest BCUT2D eigenvalue weighted by molar-refractivity contribution is 0.0600. The average Bonchev–Trinajstić information content (AvgIpc) is 2.76. The molecular weight excluding hydrogens is 238 g/mol. The van der Waals surface area contributed by atoms with Gasteiger partial charge in [0.1, 0.15) is 12.4 Å². The number of aliphatic hydroxyl groups excluding tert-OH is 1. The highest BCUT2D eigenvalue weighted by atomic mass is 16.5. The molecule has 2 rings (SSSR count). The first-order chi connectivity index (χ1) is 8.67. The lowest BCUT2D eigenvalue weighted by Gasteiger charge is -2.09. The first kappa shape index (κ1) is 12.3. The van der Waals surface area contributed by atoms with Crippen LogP contribution in [0.25, 0.3) is 5.65 Å². The Kier molecular flexibility index (Phi) is 3.42. The first-order valence-corrected chi connectivity index (χ1v) is 5.35. The van der Waals surface area contributed by atoms with Gasteiger partial charge in [0.05, 0.1) is 19.3 Å². The molecule has 2 aromatic rings. The molecule has 0 aliphatic heterocycles. The van der Waals surface area contributed by atoms with E-state index in [-0.39, 0.29) is 13.2 Å². The number of fused-ring (bicyclic) bond motifs is 1. The molecule has 7 nitrogen and oxygen atoms in total. The van der Waals surface area contributed by atoms with E-state index in [0.717, 1.165) is 0 Å². The van der Waals surface area contributed by atoms with E-state index in [0.29, 0.717) is 22.9 Å². The van der Waals surface area contributed by atoms with Crippen molar-refractivity contribution < 1.29 is 19.4 Å². The molecule has 0 aliphatic carbocycles. The molecule has 7 heteroatoms. The van der Waals surface area contributed by atoms with Crippen molar-refractivity contribution in [2.75, 3.05) is 20.3 Å². The van der Waals surface area contributed by atoms with Crippen LogP contribution in [0, 0.1) is 6.92 Å². The lowest BCUT2D eigenvalue weighted by Crippen LogP contribution is -2.09. The molecular formula is C11H13N3O4. The van der Waals surface area contributed by atoms with Gasteiger partial charge in [-0.2, -0.15) is 0 Å². The molecule has 18 heavy (non-hydrogen) atoms. The van der Waals surface area contributed by atoms with Gasteiger partial charge in [-0.05, 0) is 13.0 Å². The molecule has 0 saturated heterocycles. The highest BCUT2D eigenvalue weighted by Crippen LogP contribution is 2.19. The third-order valence-corrected chi connectivity index (χ3v) is 2.40. The molecule has 0 aromatic carbocycles. The molecule has 0 amide bonds. The predicted molar refractivity (Wildman–Crippen MR) is 61.6 cm³/mol. The Labute approximate surface area is 103 Å². The third-order valence-electron chi connectivity index (χ3n) is 2.40. The molecule has 1 N–H and O–H groups in total. The van der Waals surface area contributed by atoms with Crippen LogP contribution in [0.5, 0.6) is 5.88 Å². The summed E-state index contributed by atoms with van der Waals surface area (Å²) in [5, 5.41) is 16.6. The minimum absolute atomic E-state index is 0.120. The van der Waals surface area contributed by atoms with Gasteiger partial charge in [-0.25, -0.2) is 9.20 Å². The van der Waals surface area contributed by atoms with Crippen LogP contribution >= 0.6 is 0 Å². The Bertz CT molecular complexity index is 579. The number of methoxy groups -OCH3 is 1. The van der Waals surface area contributed by atoms with E-state index in [1.165, 1.54) is 13.2 Å². The SMILES string of the molecule is COC(=O)c1cc(OCCO)n2c(C)nnc2c1. The number of nitrogens with zero attached hydrogens (tertiary/aromatic N) is 3. The van der Waals surface area contributed by atoms with Crippen molar-refractivity contribution in [2.24, 2.45) is 0 Å². The van der Waals surface area contributed by atoms with Crippen LogP contribution in [0.3, 0.4) is 0 Å². The minimum atomic E-state index is -0.480. The first-order valence-electron chi connectivity index (χ1n) is 5.35. The summed E-state index contributed by atoms with van der Waals surface area (Å²) in [5.74, 6) is 0.547. The predicted octanol–water partition coefficient (Wildman–Crippen LogP) is 0.195. The normalized spacial score (nSPS) is 10.6. The summed E-state index contributed by atoms with van der Waals surface area (Å²) in [5.41, 5.74) is 0.814. The second-order valence-electron chi connectivity index (χ2n) is 3.59.